The minimum Gasteiger partial charge on any atom is -0.381 e. The lowest BCUT2D eigenvalue weighted by Gasteiger charge is -2.35. The van der Waals surface area contributed by atoms with Crippen molar-refractivity contribution in [2.45, 2.75) is 25.3 Å². The van der Waals surface area contributed by atoms with Crippen LogP contribution in [0.2, 0.25) is 5.02 Å². The average Bonchev–Trinajstić information content (AvgIpc) is 2.30. The first-order valence-electron chi connectivity index (χ1n) is 5.69. The van der Waals surface area contributed by atoms with Gasteiger partial charge in [0.1, 0.15) is 6.07 Å². The number of nitrogens with zero attached hydrogens (tertiary/aromatic N) is 1. The Balaban J connectivity index is 2.24. The van der Waals surface area contributed by atoms with Crippen molar-refractivity contribution in [1.29, 1.82) is 5.26 Å². The van der Waals surface area contributed by atoms with Crippen molar-refractivity contribution in [2.75, 3.05) is 18.5 Å². The molecule has 0 saturated carbocycles. The molecule has 0 unspecified atom stereocenters. The van der Waals surface area contributed by atoms with E-state index in [9.17, 15) is 0 Å². The van der Waals surface area contributed by atoms with Gasteiger partial charge in [0.25, 0.3) is 0 Å². The Morgan fingerprint density at radius 3 is 2.76 bits per heavy atom. The van der Waals surface area contributed by atoms with Crippen LogP contribution in [-0.4, -0.2) is 18.8 Å². The molecule has 1 fully saturated rings. The Bertz CT molecular complexity index is 447. The number of halogens is 1. The Kier molecular flexibility index (Phi) is 3.56. The van der Waals surface area contributed by atoms with E-state index in [1.807, 2.05) is 12.1 Å². The number of nitrogens with one attached hydrogen (secondary N) is 1. The molecule has 1 heterocycles. The second-order valence-electron chi connectivity index (χ2n) is 4.57. The summed E-state index contributed by atoms with van der Waals surface area (Å²) in [5.41, 5.74) is 1.31. The molecule has 0 aliphatic carbocycles. The second kappa shape index (κ2) is 4.95. The maximum Gasteiger partial charge on any atom is 0.103 e. The van der Waals surface area contributed by atoms with Gasteiger partial charge in [-0.2, -0.15) is 5.26 Å². The molecule has 4 heteroatoms. The zero-order chi connectivity index (χ0) is 12.3. The van der Waals surface area contributed by atoms with Gasteiger partial charge in [0, 0.05) is 18.8 Å². The van der Waals surface area contributed by atoms with Crippen LogP contribution in [0.1, 0.15) is 25.3 Å². The topological polar surface area (TPSA) is 45.0 Å². The van der Waals surface area contributed by atoms with E-state index in [-0.39, 0.29) is 5.54 Å². The summed E-state index contributed by atoms with van der Waals surface area (Å²) in [5.74, 6) is 0. The minimum absolute atomic E-state index is 0.0193. The lowest BCUT2D eigenvalue weighted by Crippen LogP contribution is -2.40. The number of nitriles is 1. The molecular weight excluding hydrogens is 236 g/mol. The Morgan fingerprint density at radius 1 is 1.41 bits per heavy atom. The van der Waals surface area contributed by atoms with Crippen LogP contribution in [0.25, 0.3) is 0 Å². The van der Waals surface area contributed by atoms with E-state index in [0.29, 0.717) is 10.6 Å². The average molecular weight is 251 g/mol. The third-order valence-electron chi connectivity index (χ3n) is 3.16. The molecule has 1 aromatic carbocycles. The molecule has 0 aromatic heterocycles. The van der Waals surface area contributed by atoms with Crippen molar-refractivity contribution >= 4 is 17.3 Å². The van der Waals surface area contributed by atoms with E-state index < -0.39 is 0 Å². The number of benzene rings is 1. The quantitative estimate of drug-likeness (QED) is 0.877. The molecule has 1 aliphatic rings. The summed E-state index contributed by atoms with van der Waals surface area (Å²) in [6.45, 7) is 3.66. The van der Waals surface area contributed by atoms with Crippen molar-refractivity contribution in [1.82, 2.24) is 0 Å². The lowest BCUT2D eigenvalue weighted by molar-refractivity contribution is 0.0658. The summed E-state index contributed by atoms with van der Waals surface area (Å²) in [6.07, 6.45) is 1.87. The van der Waals surface area contributed by atoms with Crippen molar-refractivity contribution in [3.8, 4) is 6.07 Å². The molecule has 1 aromatic rings. The number of anilines is 1. The van der Waals surface area contributed by atoms with Gasteiger partial charge in [-0.05, 0) is 31.9 Å². The minimum atomic E-state index is -0.0193. The smallest absolute Gasteiger partial charge is 0.103 e. The zero-order valence-corrected chi connectivity index (χ0v) is 10.5. The fourth-order valence-corrected chi connectivity index (χ4v) is 2.23. The summed E-state index contributed by atoms with van der Waals surface area (Å²) >= 11 is 6.01. The van der Waals surface area contributed by atoms with Crippen LogP contribution < -0.4 is 5.32 Å². The third kappa shape index (κ3) is 2.71. The molecule has 0 atom stereocenters. The number of hydrogen-bond donors (Lipinski definition) is 1. The maximum atomic E-state index is 9.11. The van der Waals surface area contributed by atoms with Gasteiger partial charge in [-0.25, -0.2) is 0 Å². The van der Waals surface area contributed by atoms with Crippen molar-refractivity contribution < 1.29 is 4.74 Å². The molecule has 1 N–H and O–H groups in total. The molecule has 0 bridgehead atoms. The number of hydrogen-bond acceptors (Lipinski definition) is 3. The van der Waals surface area contributed by atoms with Crippen LogP contribution in [0.4, 0.5) is 5.69 Å². The molecule has 0 spiro atoms. The van der Waals surface area contributed by atoms with Crippen LogP contribution in [0.5, 0.6) is 0 Å². The van der Waals surface area contributed by atoms with Gasteiger partial charge >= 0.3 is 0 Å². The van der Waals surface area contributed by atoms with E-state index in [2.05, 4.69) is 18.3 Å². The van der Waals surface area contributed by atoms with Gasteiger partial charge in [-0.1, -0.05) is 17.7 Å². The van der Waals surface area contributed by atoms with E-state index >= 15 is 0 Å². The molecule has 1 aliphatic heterocycles. The van der Waals surface area contributed by atoms with Crippen LogP contribution in [0, 0.1) is 11.3 Å². The summed E-state index contributed by atoms with van der Waals surface area (Å²) in [7, 11) is 0. The predicted molar refractivity (Wildman–Crippen MR) is 68.2 cm³/mol. The fraction of sp³-hybridized carbons (Fsp3) is 0.462. The van der Waals surface area contributed by atoms with E-state index in [4.69, 9.17) is 21.6 Å². The van der Waals surface area contributed by atoms with Crippen molar-refractivity contribution in [3.63, 3.8) is 0 Å². The third-order valence-corrected chi connectivity index (χ3v) is 3.47. The highest BCUT2D eigenvalue weighted by atomic mass is 35.5. The Morgan fingerprint density at radius 2 is 2.12 bits per heavy atom. The standard InChI is InChI=1S/C13H15ClN2O/c1-13(5-7-17-8-6-13)16-12-4-2-3-11(14)10(12)9-15/h2-4,16H,5-8H2,1H3. The molecular formula is C13H15ClN2O. The number of ether oxygens (including phenoxy) is 1. The first-order chi connectivity index (χ1) is 8.14. The summed E-state index contributed by atoms with van der Waals surface area (Å²) in [4.78, 5) is 0. The molecule has 0 radical (unpaired) electrons. The molecule has 2 rings (SSSR count). The highest BCUT2D eigenvalue weighted by Crippen LogP contribution is 2.30. The first kappa shape index (κ1) is 12.2. The largest absolute Gasteiger partial charge is 0.381 e. The zero-order valence-electron chi connectivity index (χ0n) is 9.79. The van der Waals surface area contributed by atoms with E-state index in [0.717, 1.165) is 31.7 Å². The van der Waals surface area contributed by atoms with Gasteiger partial charge < -0.3 is 10.1 Å². The van der Waals surface area contributed by atoms with E-state index in [1.54, 1.807) is 6.07 Å². The normalized spacial score (nSPS) is 18.4. The van der Waals surface area contributed by atoms with Crippen LogP contribution in [-0.2, 0) is 4.74 Å². The highest BCUT2D eigenvalue weighted by Gasteiger charge is 2.27. The Labute approximate surface area is 106 Å². The summed E-state index contributed by atoms with van der Waals surface area (Å²) < 4.78 is 5.35. The van der Waals surface area contributed by atoms with Crippen molar-refractivity contribution in [2.24, 2.45) is 0 Å². The van der Waals surface area contributed by atoms with Crippen molar-refractivity contribution in [3.05, 3.63) is 28.8 Å². The fourth-order valence-electron chi connectivity index (χ4n) is 2.01. The number of rotatable bonds is 2. The van der Waals surface area contributed by atoms with Gasteiger partial charge in [-0.15, -0.1) is 0 Å². The first-order valence-corrected chi connectivity index (χ1v) is 6.07. The molecule has 0 amide bonds. The van der Waals surface area contributed by atoms with Gasteiger partial charge in [0.05, 0.1) is 16.3 Å². The van der Waals surface area contributed by atoms with Gasteiger partial charge in [0.2, 0.25) is 0 Å². The molecule has 3 nitrogen and oxygen atoms in total. The molecule has 1 saturated heterocycles. The highest BCUT2D eigenvalue weighted by molar-refractivity contribution is 6.32. The van der Waals surface area contributed by atoms with Crippen LogP contribution >= 0.6 is 11.6 Å². The van der Waals surface area contributed by atoms with Gasteiger partial charge in [0.15, 0.2) is 0 Å². The monoisotopic (exact) mass is 250 g/mol. The second-order valence-corrected chi connectivity index (χ2v) is 4.98. The maximum absolute atomic E-state index is 9.11. The predicted octanol–water partition coefficient (Wildman–Crippen LogP) is 3.19. The molecule has 17 heavy (non-hydrogen) atoms. The van der Waals surface area contributed by atoms with Crippen LogP contribution in [0.3, 0.4) is 0 Å². The lowest BCUT2D eigenvalue weighted by atomic mass is 9.92. The summed E-state index contributed by atoms with van der Waals surface area (Å²) in [6, 6.07) is 7.63. The SMILES string of the molecule is CC1(Nc2cccc(Cl)c2C#N)CCOCC1. The molecule has 90 valence electrons. The van der Waals surface area contributed by atoms with E-state index in [1.165, 1.54) is 0 Å². The summed E-state index contributed by atoms with van der Waals surface area (Å²) in [5, 5.41) is 13.0. The van der Waals surface area contributed by atoms with Gasteiger partial charge in [-0.3, -0.25) is 0 Å². The Hall–Kier alpha value is -1.24. The van der Waals surface area contributed by atoms with Crippen LogP contribution in [0.15, 0.2) is 18.2 Å².